The number of piperazine rings is 1. The van der Waals surface area contributed by atoms with Gasteiger partial charge in [-0.1, -0.05) is 12.8 Å². The van der Waals surface area contributed by atoms with Crippen molar-refractivity contribution in [3.05, 3.63) is 0 Å². The standard InChI is InChI=1S/C9H18N2/c1-8-6-11-9(7-10-8)4-2-3-5-9/h8,10-11H,2-7H2,1H3. The summed E-state index contributed by atoms with van der Waals surface area (Å²) >= 11 is 0. The van der Waals surface area contributed by atoms with E-state index >= 15 is 0 Å². The smallest absolute Gasteiger partial charge is 0.0307 e. The molecule has 1 aliphatic carbocycles. The highest BCUT2D eigenvalue weighted by Gasteiger charge is 2.35. The molecule has 2 N–H and O–H groups in total. The van der Waals surface area contributed by atoms with E-state index in [0.29, 0.717) is 11.6 Å². The van der Waals surface area contributed by atoms with Crippen LogP contribution in [0.3, 0.4) is 0 Å². The van der Waals surface area contributed by atoms with Crippen LogP contribution in [0.15, 0.2) is 0 Å². The number of nitrogens with one attached hydrogen (secondary N) is 2. The third-order valence-electron chi connectivity index (χ3n) is 3.13. The van der Waals surface area contributed by atoms with Crippen LogP contribution in [0, 0.1) is 0 Å². The van der Waals surface area contributed by atoms with Crippen LogP contribution in [0.25, 0.3) is 0 Å². The summed E-state index contributed by atoms with van der Waals surface area (Å²) in [6.45, 7) is 4.59. The Kier molecular flexibility index (Phi) is 1.90. The van der Waals surface area contributed by atoms with Crippen LogP contribution < -0.4 is 10.6 Å². The van der Waals surface area contributed by atoms with E-state index in [4.69, 9.17) is 0 Å². The lowest BCUT2D eigenvalue weighted by Crippen LogP contribution is -2.60. The third kappa shape index (κ3) is 1.42. The zero-order valence-corrected chi connectivity index (χ0v) is 7.32. The van der Waals surface area contributed by atoms with Crippen LogP contribution in [0.5, 0.6) is 0 Å². The average Bonchev–Trinajstić information content (AvgIpc) is 2.45. The van der Waals surface area contributed by atoms with Crippen LogP contribution in [0.4, 0.5) is 0 Å². The van der Waals surface area contributed by atoms with E-state index in [1.54, 1.807) is 0 Å². The highest BCUT2D eigenvalue weighted by atomic mass is 15.1. The first-order valence-corrected chi connectivity index (χ1v) is 4.79. The van der Waals surface area contributed by atoms with Gasteiger partial charge in [0, 0.05) is 24.7 Å². The van der Waals surface area contributed by atoms with Crippen molar-refractivity contribution in [1.29, 1.82) is 0 Å². The maximum absolute atomic E-state index is 3.68. The van der Waals surface area contributed by atoms with E-state index in [0.717, 1.165) is 6.54 Å². The fraction of sp³-hybridized carbons (Fsp3) is 1.00. The molecular formula is C9H18N2. The summed E-state index contributed by atoms with van der Waals surface area (Å²) in [6.07, 6.45) is 5.60. The van der Waals surface area contributed by atoms with Gasteiger partial charge in [-0.3, -0.25) is 0 Å². The summed E-state index contributed by atoms with van der Waals surface area (Å²) in [6, 6.07) is 0.668. The molecule has 1 heterocycles. The fourth-order valence-electron chi connectivity index (χ4n) is 2.28. The molecule has 0 aromatic carbocycles. The van der Waals surface area contributed by atoms with E-state index in [1.165, 1.54) is 32.2 Å². The average molecular weight is 154 g/mol. The van der Waals surface area contributed by atoms with Crippen molar-refractivity contribution < 1.29 is 0 Å². The zero-order valence-electron chi connectivity index (χ0n) is 7.32. The summed E-state index contributed by atoms with van der Waals surface area (Å²) in [7, 11) is 0. The van der Waals surface area contributed by atoms with E-state index in [1.807, 2.05) is 0 Å². The van der Waals surface area contributed by atoms with Gasteiger partial charge >= 0.3 is 0 Å². The molecule has 2 heteroatoms. The second kappa shape index (κ2) is 2.76. The lowest BCUT2D eigenvalue weighted by atomic mass is 9.94. The molecule has 2 rings (SSSR count). The molecule has 0 aromatic rings. The fourth-order valence-corrected chi connectivity index (χ4v) is 2.28. The molecule has 0 amide bonds. The molecule has 2 nitrogen and oxygen atoms in total. The Morgan fingerprint density at radius 2 is 2.00 bits per heavy atom. The van der Waals surface area contributed by atoms with Gasteiger partial charge in [0.1, 0.15) is 0 Å². The Morgan fingerprint density at radius 3 is 2.55 bits per heavy atom. The summed E-state index contributed by atoms with van der Waals surface area (Å²) in [5.41, 5.74) is 0.493. The quantitative estimate of drug-likeness (QED) is 0.541. The Bertz CT molecular complexity index is 128. The van der Waals surface area contributed by atoms with Crippen molar-refractivity contribution in [2.45, 2.75) is 44.2 Å². The number of hydrogen-bond acceptors (Lipinski definition) is 2. The van der Waals surface area contributed by atoms with Gasteiger partial charge in [0.15, 0.2) is 0 Å². The highest BCUT2D eigenvalue weighted by molar-refractivity contribution is 4.98. The molecule has 0 radical (unpaired) electrons. The van der Waals surface area contributed by atoms with E-state index < -0.39 is 0 Å². The summed E-state index contributed by atoms with van der Waals surface area (Å²) < 4.78 is 0. The Balaban J connectivity index is 1.94. The van der Waals surface area contributed by atoms with Crippen LogP contribution in [0.1, 0.15) is 32.6 Å². The van der Waals surface area contributed by atoms with Gasteiger partial charge in [-0.2, -0.15) is 0 Å². The van der Waals surface area contributed by atoms with Gasteiger partial charge in [-0.25, -0.2) is 0 Å². The van der Waals surface area contributed by atoms with Crippen molar-refractivity contribution in [3.63, 3.8) is 0 Å². The van der Waals surface area contributed by atoms with E-state index in [2.05, 4.69) is 17.6 Å². The van der Waals surface area contributed by atoms with Crippen LogP contribution >= 0.6 is 0 Å². The number of hydrogen-bond donors (Lipinski definition) is 2. The molecule has 1 aliphatic heterocycles. The molecule has 1 saturated carbocycles. The normalized spacial score (nSPS) is 36.3. The van der Waals surface area contributed by atoms with Gasteiger partial charge < -0.3 is 10.6 Å². The second-order valence-corrected chi connectivity index (χ2v) is 4.15. The minimum Gasteiger partial charge on any atom is -0.311 e. The van der Waals surface area contributed by atoms with Gasteiger partial charge in [0.2, 0.25) is 0 Å². The van der Waals surface area contributed by atoms with Crippen LogP contribution in [-0.2, 0) is 0 Å². The molecule has 0 bridgehead atoms. The SMILES string of the molecule is CC1CNC2(CCCC2)CN1. The molecule has 64 valence electrons. The maximum Gasteiger partial charge on any atom is 0.0307 e. The molecule has 2 fully saturated rings. The number of rotatable bonds is 0. The van der Waals surface area contributed by atoms with E-state index in [-0.39, 0.29) is 0 Å². The van der Waals surface area contributed by atoms with Crippen molar-refractivity contribution in [1.82, 2.24) is 10.6 Å². The predicted octanol–water partition coefficient (Wildman–Crippen LogP) is 0.881. The minimum absolute atomic E-state index is 0.493. The van der Waals surface area contributed by atoms with Gasteiger partial charge in [-0.15, -0.1) is 0 Å². The molecule has 1 saturated heterocycles. The first-order valence-electron chi connectivity index (χ1n) is 4.79. The Labute approximate surface area is 68.7 Å². The predicted molar refractivity (Wildman–Crippen MR) is 46.7 cm³/mol. The molecule has 1 atom stereocenters. The molecule has 0 aromatic heterocycles. The molecular weight excluding hydrogens is 136 g/mol. The summed E-state index contributed by atoms with van der Waals surface area (Å²) in [5.74, 6) is 0. The second-order valence-electron chi connectivity index (χ2n) is 4.15. The Hall–Kier alpha value is -0.0800. The topological polar surface area (TPSA) is 24.1 Å². The van der Waals surface area contributed by atoms with Gasteiger partial charge in [-0.05, 0) is 19.8 Å². The van der Waals surface area contributed by atoms with E-state index in [9.17, 15) is 0 Å². The van der Waals surface area contributed by atoms with Crippen molar-refractivity contribution in [2.24, 2.45) is 0 Å². The maximum atomic E-state index is 3.68. The molecule has 1 unspecified atom stereocenters. The highest BCUT2D eigenvalue weighted by Crippen LogP contribution is 2.30. The van der Waals surface area contributed by atoms with Crippen molar-refractivity contribution in [2.75, 3.05) is 13.1 Å². The minimum atomic E-state index is 0.493. The first-order chi connectivity index (χ1) is 5.31. The van der Waals surface area contributed by atoms with Crippen molar-refractivity contribution >= 4 is 0 Å². The molecule has 1 spiro atoms. The zero-order chi connectivity index (χ0) is 7.73. The lowest BCUT2D eigenvalue weighted by Gasteiger charge is -2.38. The Morgan fingerprint density at radius 1 is 1.27 bits per heavy atom. The van der Waals surface area contributed by atoms with Gasteiger partial charge in [0.05, 0.1) is 0 Å². The third-order valence-corrected chi connectivity index (χ3v) is 3.13. The van der Waals surface area contributed by atoms with Crippen molar-refractivity contribution in [3.8, 4) is 0 Å². The van der Waals surface area contributed by atoms with Crippen LogP contribution in [-0.4, -0.2) is 24.7 Å². The lowest BCUT2D eigenvalue weighted by molar-refractivity contribution is 0.246. The monoisotopic (exact) mass is 154 g/mol. The van der Waals surface area contributed by atoms with Crippen LogP contribution in [0.2, 0.25) is 0 Å². The molecule has 2 aliphatic rings. The summed E-state index contributed by atoms with van der Waals surface area (Å²) in [5, 5.41) is 7.23. The summed E-state index contributed by atoms with van der Waals surface area (Å²) in [4.78, 5) is 0. The largest absolute Gasteiger partial charge is 0.311 e. The molecule has 11 heavy (non-hydrogen) atoms. The van der Waals surface area contributed by atoms with Gasteiger partial charge in [0.25, 0.3) is 0 Å². The first kappa shape index (κ1) is 7.56.